The molecule has 0 saturated carbocycles. The van der Waals surface area contributed by atoms with E-state index in [2.05, 4.69) is 65.8 Å². The predicted octanol–water partition coefficient (Wildman–Crippen LogP) is 28.4. The van der Waals surface area contributed by atoms with Crippen LogP contribution in [0.4, 0.5) is 11.4 Å². The van der Waals surface area contributed by atoms with Crippen LogP contribution >= 0.6 is 0 Å². The highest BCUT2D eigenvalue weighted by Crippen LogP contribution is 2.42. The molecule has 0 aliphatic carbocycles. The van der Waals surface area contributed by atoms with Gasteiger partial charge in [-0.25, -0.2) is 0 Å². The summed E-state index contributed by atoms with van der Waals surface area (Å²) in [5.41, 5.74) is 3.32. The minimum Gasteiger partial charge on any atom is -0.490 e. The van der Waals surface area contributed by atoms with E-state index in [1.807, 2.05) is 48.5 Å². The molecule has 0 saturated heterocycles. The second-order valence-corrected chi connectivity index (χ2v) is 27.6. The SMILES string of the molecule is CCCCCCCCCCOc1cc(COc2cccc(N=Nc3cccc(OCc4cc(OCCCCCCCCCC)c(OCCCCCCCCCC)c(OCCCCCCCCCC)c4)c3)c2)cc(OCCCCCCCCCC)c1OCCCCCCCCCC. The second kappa shape index (κ2) is 59.9. The van der Waals surface area contributed by atoms with Gasteiger partial charge in [0.15, 0.2) is 23.0 Å². The first-order valence-corrected chi connectivity index (χ1v) is 40.5. The molecular weight excluding hydrogens is 1190 g/mol. The molecule has 0 aliphatic rings. The van der Waals surface area contributed by atoms with E-state index in [0.29, 0.717) is 75.7 Å². The average Bonchev–Trinajstić information content (AvgIpc) is 0.897. The minimum absolute atomic E-state index is 0.329. The smallest absolute Gasteiger partial charge is 0.203 e. The van der Waals surface area contributed by atoms with Crippen molar-refractivity contribution in [1.82, 2.24) is 0 Å². The van der Waals surface area contributed by atoms with E-state index in [-0.39, 0.29) is 0 Å². The molecule has 544 valence electrons. The highest BCUT2D eigenvalue weighted by Gasteiger charge is 2.19. The molecular formula is C86H142N2O8. The zero-order valence-corrected chi connectivity index (χ0v) is 62.7. The van der Waals surface area contributed by atoms with Crippen molar-refractivity contribution >= 4 is 11.4 Å². The van der Waals surface area contributed by atoms with E-state index in [4.69, 9.17) is 48.1 Å². The Morgan fingerprint density at radius 3 is 0.656 bits per heavy atom. The van der Waals surface area contributed by atoms with E-state index in [9.17, 15) is 0 Å². The molecule has 0 amide bonds. The second-order valence-electron chi connectivity index (χ2n) is 27.6. The maximum Gasteiger partial charge on any atom is 0.203 e. The molecule has 0 aliphatic heterocycles. The number of nitrogens with zero attached hydrogens (tertiary/aromatic N) is 2. The third-order valence-electron chi connectivity index (χ3n) is 18.4. The first-order valence-electron chi connectivity index (χ1n) is 40.5. The fraction of sp³-hybridized carbons (Fsp3) is 0.721. The lowest BCUT2D eigenvalue weighted by Gasteiger charge is -2.19. The molecule has 0 fully saturated rings. The van der Waals surface area contributed by atoms with Crippen molar-refractivity contribution in [3.8, 4) is 46.0 Å². The van der Waals surface area contributed by atoms with Crippen molar-refractivity contribution in [2.45, 2.75) is 363 Å². The van der Waals surface area contributed by atoms with E-state index < -0.39 is 0 Å². The molecule has 0 bridgehead atoms. The number of benzene rings is 4. The Balaban J connectivity index is 1.50. The number of ether oxygens (including phenoxy) is 8. The van der Waals surface area contributed by atoms with E-state index in [1.54, 1.807) is 0 Å². The van der Waals surface area contributed by atoms with E-state index in [1.165, 1.54) is 244 Å². The highest BCUT2D eigenvalue weighted by molar-refractivity contribution is 5.55. The van der Waals surface area contributed by atoms with Gasteiger partial charge in [-0.3, -0.25) is 0 Å². The zero-order valence-electron chi connectivity index (χ0n) is 62.7. The number of azo groups is 1. The molecule has 0 N–H and O–H groups in total. The van der Waals surface area contributed by atoms with Crippen molar-refractivity contribution in [3.63, 3.8) is 0 Å². The van der Waals surface area contributed by atoms with Crippen molar-refractivity contribution in [1.29, 1.82) is 0 Å². The van der Waals surface area contributed by atoms with Crippen LogP contribution in [0, 0.1) is 0 Å². The van der Waals surface area contributed by atoms with E-state index in [0.717, 1.165) is 110 Å². The summed E-state index contributed by atoms with van der Waals surface area (Å²) in [6.45, 7) is 18.2. The molecule has 4 aromatic carbocycles. The topological polar surface area (TPSA) is 98.6 Å². The van der Waals surface area contributed by atoms with Gasteiger partial charge < -0.3 is 37.9 Å². The minimum atomic E-state index is 0.329. The summed E-state index contributed by atoms with van der Waals surface area (Å²) < 4.78 is 53.2. The van der Waals surface area contributed by atoms with Crippen molar-refractivity contribution in [2.75, 3.05) is 39.6 Å². The van der Waals surface area contributed by atoms with Gasteiger partial charge in [-0.1, -0.05) is 323 Å². The lowest BCUT2D eigenvalue weighted by molar-refractivity contribution is 0.232. The molecule has 0 aromatic heterocycles. The Morgan fingerprint density at radius 2 is 0.427 bits per heavy atom. The molecule has 0 heterocycles. The summed E-state index contributed by atoms with van der Waals surface area (Å²) in [7, 11) is 0. The molecule has 10 nitrogen and oxygen atoms in total. The fourth-order valence-corrected chi connectivity index (χ4v) is 12.4. The Kier molecular flexibility index (Phi) is 52.0. The number of hydrogen-bond acceptors (Lipinski definition) is 10. The van der Waals surface area contributed by atoms with Crippen LogP contribution in [0.25, 0.3) is 0 Å². The van der Waals surface area contributed by atoms with Gasteiger partial charge >= 0.3 is 0 Å². The van der Waals surface area contributed by atoms with Crippen LogP contribution in [0.15, 0.2) is 83.0 Å². The highest BCUT2D eigenvalue weighted by atomic mass is 16.6. The molecule has 0 unspecified atom stereocenters. The summed E-state index contributed by atoms with van der Waals surface area (Å²) in [4.78, 5) is 0. The quantitative estimate of drug-likeness (QED) is 0.0318. The fourth-order valence-electron chi connectivity index (χ4n) is 12.4. The Hall–Kier alpha value is -5.12. The molecule has 96 heavy (non-hydrogen) atoms. The number of hydrogen-bond donors (Lipinski definition) is 0. The van der Waals surface area contributed by atoms with E-state index >= 15 is 0 Å². The van der Waals surface area contributed by atoms with Crippen molar-refractivity contribution < 1.29 is 37.9 Å². The zero-order chi connectivity index (χ0) is 68.1. The maximum atomic E-state index is 6.68. The molecule has 4 rings (SSSR count). The maximum absolute atomic E-state index is 6.68. The summed E-state index contributed by atoms with van der Waals surface area (Å²) in [5.74, 6) is 5.85. The lowest BCUT2D eigenvalue weighted by atomic mass is 10.1. The third-order valence-corrected chi connectivity index (χ3v) is 18.4. The van der Waals surface area contributed by atoms with Gasteiger partial charge in [0.05, 0.1) is 51.0 Å². The van der Waals surface area contributed by atoms with Gasteiger partial charge in [0.2, 0.25) is 11.5 Å². The van der Waals surface area contributed by atoms with Gasteiger partial charge in [0.25, 0.3) is 0 Å². The summed E-state index contributed by atoms with van der Waals surface area (Å²) >= 11 is 0. The van der Waals surface area contributed by atoms with Crippen molar-refractivity contribution in [2.24, 2.45) is 10.2 Å². The summed E-state index contributed by atoms with van der Waals surface area (Å²) in [5, 5.41) is 9.41. The normalized spacial score (nSPS) is 11.4. The number of unbranched alkanes of at least 4 members (excludes halogenated alkanes) is 42. The van der Waals surface area contributed by atoms with Crippen LogP contribution in [-0.4, -0.2) is 39.6 Å². The van der Waals surface area contributed by atoms with Crippen LogP contribution in [0.1, 0.15) is 361 Å². The summed E-state index contributed by atoms with van der Waals surface area (Å²) in [6.07, 6.45) is 59.9. The van der Waals surface area contributed by atoms with Gasteiger partial charge in [0, 0.05) is 12.1 Å². The van der Waals surface area contributed by atoms with Crippen LogP contribution in [0.2, 0.25) is 0 Å². The molecule has 0 spiro atoms. The standard InChI is InChI=1S/C86H142N2O8/c1-7-13-19-25-31-37-43-49-61-89-81-67-75(68-82(90-62-50-44-38-32-26-20-14-8-2)85(81)93-65-53-47-41-35-29-23-17-11-5)73-95-79-59-55-57-77(71-79)87-88-78-58-56-60-80(72-78)96-74-76-69-83(91-63-51-45-39-33-27-21-15-9-3)86(94-66-54-48-42-36-30-24-18-12-6)84(70-76)92-64-52-46-40-34-28-22-16-10-4/h55-60,67-72H,7-54,61-66,73-74H2,1-6H3. The first-order chi connectivity index (χ1) is 47.5. The monoisotopic (exact) mass is 1330 g/mol. The van der Waals surface area contributed by atoms with Gasteiger partial charge in [0.1, 0.15) is 24.7 Å². The van der Waals surface area contributed by atoms with Crippen molar-refractivity contribution in [3.05, 3.63) is 83.9 Å². The van der Waals surface area contributed by atoms with Gasteiger partial charge in [-0.15, -0.1) is 0 Å². The van der Waals surface area contributed by atoms with Crippen LogP contribution in [0.5, 0.6) is 46.0 Å². The van der Waals surface area contributed by atoms with Crippen LogP contribution < -0.4 is 37.9 Å². The molecule has 10 heteroatoms. The Bertz CT molecular complexity index is 2210. The average molecular weight is 1330 g/mol. The third kappa shape index (κ3) is 42.0. The molecule has 0 radical (unpaired) electrons. The Labute approximate surface area is 589 Å². The predicted molar refractivity (Wildman–Crippen MR) is 407 cm³/mol. The molecule has 0 atom stereocenters. The number of rotatable bonds is 68. The lowest BCUT2D eigenvalue weighted by Crippen LogP contribution is -2.08. The molecule has 4 aromatic rings. The van der Waals surface area contributed by atoms with Gasteiger partial charge in [-0.05, 0) is 98.2 Å². The van der Waals surface area contributed by atoms with Gasteiger partial charge in [-0.2, -0.15) is 10.2 Å². The summed E-state index contributed by atoms with van der Waals surface area (Å²) in [6, 6.07) is 24.1. The van der Waals surface area contributed by atoms with Crippen LogP contribution in [-0.2, 0) is 13.2 Å². The van der Waals surface area contributed by atoms with Crippen LogP contribution in [0.3, 0.4) is 0 Å². The first kappa shape index (κ1) is 83.3. The Morgan fingerprint density at radius 1 is 0.219 bits per heavy atom. The largest absolute Gasteiger partial charge is 0.490 e.